The maximum Gasteiger partial charge on any atom is 0.306 e. The number of carbonyl (C=O) groups is 2. The third-order valence-corrected chi connectivity index (χ3v) is 4.68. The standard InChI is InChI=1S/C23H29NO6/c1-16-7-5-6-8-18(16)11-12-24-21(25)15-30-22(26)10-9-17-13-19(27-2)23(29-4)20(14-17)28-3/h5-8,13-14H,9-12,15H2,1-4H3,(H,24,25). The van der Waals surface area contributed by atoms with Crippen LogP contribution in [0.25, 0.3) is 0 Å². The van der Waals surface area contributed by atoms with Crippen LogP contribution in [0.2, 0.25) is 0 Å². The van der Waals surface area contributed by atoms with Crippen molar-refractivity contribution in [2.45, 2.75) is 26.2 Å². The predicted octanol–water partition coefficient (Wildman–Crippen LogP) is 2.86. The highest BCUT2D eigenvalue weighted by atomic mass is 16.5. The van der Waals surface area contributed by atoms with Crippen LogP contribution in [0, 0.1) is 6.92 Å². The molecule has 7 nitrogen and oxygen atoms in total. The SMILES string of the molecule is COc1cc(CCC(=O)OCC(=O)NCCc2ccccc2C)cc(OC)c1OC. The minimum absolute atomic E-state index is 0.134. The van der Waals surface area contributed by atoms with Crippen molar-refractivity contribution in [3.63, 3.8) is 0 Å². The molecule has 2 aromatic rings. The van der Waals surface area contributed by atoms with Crippen LogP contribution in [0.4, 0.5) is 0 Å². The molecule has 0 fully saturated rings. The molecule has 0 spiro atoms. The van der Waals surface area contributed by atoms with Crippen LogP contribution in [-0.2, 0) is 27.2 Å². The van der Waals surface area contributed by atoms with Crippen molar-refractivity contribution in [1.82, 2.24) is 5.32 Å². The molecule has 0 atom stereocenters. The number of methoxy groups -OCH3 is 3. The Morgan fingerprint density at radius 2 is 1.60 bits per heavy atom. The summed E-state index contributed by atoms with van der Waals surface area (Å²) < 4.78 is 21.0. The summed E-state index contributed by atoms with van der Waals surface area (Å²) in [5.41, 5.74) is 3.20. The van der Waals surface area contributed by atoms with Gasteiger partial charge in [-0.3, -0.25) is 9.59 Å². The Hall–Kier alpha value is -3.22. The fourth-order valence-corrected chi connectivity index (χ4v) is 3.02. The van der Waals surface area contributed by atoms with Gasteiger partial charge in [-0.25, -0.2) is 0 Å². The first-order chi connectivity index (χ1) is 14.5. The molecule has 0 aliphatic heterocycles. The van der Waals surface area contributed by atoms with E-state index in [2.05, 4.69) is 5.32 Å². The zero-order valence-electron chi connectivity index (χ0n) is 17.9. The van der Waals surface area contributed by atoms with Gasteiger partial charge in [-0.05, 0) is 48.6 Å². The third kappa shape index (κ3) is 6.69. The summed E-state index contributed by atoms with van der Waals surface area (Å²) in [6, 6.07) is 11.6. The molecule has 0 heterocycles. The Kier molecular flexibility index (Phi) is 9.00. The van der Waals surface area contributed by atoms with Gasteiger partial charge in [-0.2, -0.15) is 0 Å². The largest absolute Gasteiger partial charge is 0.493 e. The van der Waals surface area contributed by atoms with Gasteiger partial charge >= 0.3 is 5.97 Å². The number of aryl methyl sites for hydroxylation is 2. The second-order valence-electron chi connectivity index (χ2n) is 6.72. The first kappa shape index (κ1) is 23.1. The van der Waals surface area contributed by atoms with Gasteiger partial charge in [0.15, 0.2) is 18.1 Å². The zero-order valence-corrected chi connectivity index (χ0v) is 17.9. The molecule has 1 N–H and O–H groups in total. The van der Waals surface area contributed by atoms with Gasteiger partial charge < -0.3 is 24.3 Å². The fraction of sp³-hybridized carbons (Fsp3) is 0.391. The van der Waals surface area contributed by atoms with E-state index in [4.69, 9.17) is 18.9 Å². The molecule has 0 saturated carbocycles. The normalized spacial score (nSPS) is 10.3. The molecule has 0 radical (unpaired) electrons. The van der Waals surface area contributed by atoms with E-state index in [1.165, 1.54) is 32.5 Å². The molecule has 0 aromatic heterocycles. The molecular weight excluding hydrogens is 386 g/mol. The summed E-state index contributed by atoms with van der Waals surface area (Å²) in [6.07, 6.45) is 1.28. The minimum Gasteiger partial charge on any atom is -0.493 e. The second kappa shape index (κ2) is 11.7. The van der Waals surface area contributed by atoms with Crippen LogP contribution < -0.4 is 19.5 Å². The molecule has 1 amide bonds. The number of hydrogen-bond donors (Lipinski definition) is 1. The average molecular weight is 415 g/mol. The number of benzene rings is 2. The number of ether oxygens (including phenoxy) is 4. The molecule has 2 aromatic carbocycles. The highest BCUT2D eigenvalue weighted by Crippen LogP contribution is 2.38. The number of nitrogens with one attached hydrogen (secondary N) is 1. The maximum atomic E-state index is 12.0. The van der Waals surface area contributed by atoms with Crippen molar-refractivity contribution in [2.75, 3.05) is 34.5 Å². The van der Waals surface area contributed by atoms with Gasteiger partial charge in [-0.15, -0.1) is 0 Å². The van der Waals surface area contributed by atoms with Crippen LogP contribution >= 0.6 is 0 Å². The Morgan fingerprint density at radius 1 is 0.933 bits per heavy atom. The third-order valence-electron chi connectivity index (χ3n) is 4.68. The Balaban J connectivity index is 1.75. The lowest BCUT2D eigenvalue weighted by Crippen LogP contribution is -2.30. The van der Waals surface area contributed by atoms with Gasteiger partial charge in [0.1, 0.15) is 0 Å². The van der Waals surface area contributed by atoms with E-state index >= 15 is 0 Å². The molecule has 0 aliphatic carbocycles. The van der Waals surface area contributed by atoms with Crippen molar-refractivity contribution < 1.29 is 28.5 Å². The lowest BCUT2D eigenvalue weighted by molar-refractivity contribution is -0.148. The van der Waals surface area contributed by atoms with E-state index in [9.17, 15) is 9.59 Å². The number of rotatable bonds is 11. The summed E-state index contributed by atoms with van der Waals surface area (Å²) >= 11 is 0. The molecule has 30 heavy (non-hydrogen) atoms. The van der Waals surface area contributed by atoms with E-state index in [1.54, 1.807) is 12.1 Å². The van der Waals surface area contributed by atoms with Gasteiger partial charge in [0.2, 0.25) is 5.75 Å². The molecule has 0 saturated heterocycles. The first-order valence-corrected chi connectivity index (χ1v) is 9.74. The molecule has 7 heteroatoms. The van der Waals surface area contributed by atoms with Crippen molar-refractivity contribution in [2.24, 2.45) is 0 Å². The topological polar surface area (TPSA) is 83.1 Å². The van der Waals surface area contributed by atoms with E-state index in [-0.39, 0.29) is 18.9 Å². The van der Waals surface area contributed by atoms with Gasteiger partial charge in [0.05, 0.1) is 21.3 Å². The number of amides is 1. The Labute approximate surface area is 177 Å². The Morgan fingerprint density at radius 3 is 2.20 bits per heavy atom. The van der Waals surface area contributed by atoms with Gasteiger partial charge in [0, 0.05) is 13.0 Å². The van der Waals surface area contributed by atoms with Crippen LogP contribution in [0.5, 0.6) is 17.2 Å². The summed E-state index contributed by atoms with van der Waals surface area (Å²) in [5.74, 6) is 0.776. The smallest absolute Gasteiger partial charge is 0.306 e. The lowest BCUT2D eigenvalue weighted by Gasteiger charge is -2.14. The van der Waals surface area contributed by atoms with Crippen LogP contribution in [0.3, 0.4) is 0 Å². The van der Waals surface area contributed by atoms with Gasteiger partial charge in [0.25, 0.3) is 5.91 Å². The van der Waals surface area contributed by atoms with Crippen LogP contribution in [0.15, 0.2) is 36.4 Å². The van der Waals surface area contributed by atoms with Crippen molar-refractivity contribution in [1.29, 1.82) is 0 Å². The predicted molar refractivity (Wildman–Crippen MR) is 113 cm³/mol. The number of hydrogen-bond acceptors (Lipinski definition) is 6. The van der Waals surface area contributed by atoms with Gasteiger partial charge in [-0.1, -0.05) is 24.3 Å². The van der Waals surface area contributed by atoms with Crippen LogP contribution in [-0.4, -0.2) is 46.4 Å². The highest BCUT2D eigenvalue weighted by Gasteiger charge is 2.14. The maximum absolute atomic E-state index is 12.0. The molecular formula is C23H29NO6. The van der Waals surface area contributed by atoms with Crippen molar-refractivity contribution in [3.8, 4) is 17.2 Å². The highest BCUT2D eigenvalue weighted by molar-refractivity contribution is 5.80. The summed E-state index contributed by atoms with van der Waals surface area (Å²) in [5, 5.41) is 2.77. The van der Waals surface area contributed by atoms with E-state index in [0.29, 0.717) is 30.2 Å². The van der Waals surface area contributed by atoms with E-state index in [0.717, 1.165) is 12.0 Å². The molecule has 0 aliphatic rings. The monoisotopic (exact) mass is 415 g/mol. The second-order valence-corrected chi connectivity index (χ2v) is 6.72. The van der Waals surface area contributed by atoms with E-state index in [1.807, 2.05) is 31.2 Å². The summed E-state index contributed by atoms with van der Waals surface area (Å²) in [6.45, 7) is 2.24. The summed E-state index contributed by atoms with van der Waals surface area (Å²) in [7, 11) is 4.60. The molecule has 2 rings (SSSR count). The molecule has 0 bridgehead atoms. The Bertz CT molecular complexity index is 840. The number of carbonyl (C=O) groups excluding carboxylic acids is 2. The fourth-order valence-electron chi connectivity index (χ4n) is 3.02. The minimum atomic E-state index is -0.446. The lowest BCUT2D eigenvalue weighted by atomic mass is 10.1. The molecule has 162 valence electrons. The first-order valence-electron chi connectivity index (χ1n) is 9.74. The number of esters is 1. The molecule has 0 unspecified atom stereocenters. The quantitative estimate of drug-likeness (QED) is 0.568. The van der Waals surface area contributed by atoms with Crippen LogP contribution in [0.1, 0.15) is 23.1 Å². The average Bonchev–Trinajstić information content (AvgIpc) is 2.76. The summed E-state index contributed by atoms with van der Waals surface area (Å²) in [4.78, 5) is 23.9. The van der Waals surface area contributed by atoms with Crippen molar-refractivity contribution in [3.05, 3.63) is 53.1 Å². The van der Waals surface area contributed by atoms with E-state index < -0.39 is 5.97 Å². The van der Waals surface area contributed by atoms with Crippen molar-refractivity contribution >= 4 is 11.9 Å². The zero-order chi connectivity index (χ0) is 21.9.